The molecule has 2 N–H and O–H groups in total. The van der Waals surface area contributed by atoms with Gasteiger partial charge < -0.3 is 10.4 Å². The molecule has 1 aromatic rings. The molecule has 0 aliphatic heterocycles. The van der Waals surface area contributed by atoms with Crippen LogP contribution in [-0.2, 0) is 4.79 Å². The van der Waals surface area contributed by atoms with Crippen LogP contribution in [-0.4, -0.2) is 23.7 Å². The van der Waals surface area contributed by atoms with Gasteiger partial charge in [-0.05, 0) is 30.7 Å². The molecule has 1 atom stereocenters. The average molecular weight is 284 g/mol. The lowest BCUT2D eigenvalue weighted by Gasteiger charge is -2.07. The smallest absolute Gasteiger partial charge is 0.244 e. The normalized spacial score (nSPS) is 12.7. The van der Waals surface area contributed by atoms with Crippen LogP contribution in [0.2, 0.25) is 0 Å². The number of aliphatic hydroxyl groups is 1. The summed E-state index contributed by atoms with van der Waals surface area (Å²) >= 11 is 3.34. The van der Waals surface area contributed by atoms with E-state index < -0.39 is 0 Å². The molecule has 0 aromatic heterocycles. The van der Waals surface area contributed by atoms with Crippen LogP contribution in [0.1, 0.15) is 12.5 Å². The van der Waals surface area contributed by atoms with Crippen LogP contribution in [0.4, 0.5) is 0 Å². The van der Waals surface area contributed by atoms with Gasteiger partial charge in [0.2, 0.25) is 5.91 Å². The highest BCUT2D eigenvalue weighted by molar-refractivity contribution is 9.10. The van der Waals surface area contributed by atoms with Crippen molar-refractivity contribution in [1.29, 1.82) is 0 Å². The second kappa shape index (κ2) is 6.45. The SMILES string of the molecule is C[C@H](CO)NC(=O)C=Cc1ccc(Br)cc1. The maximum Gasteiger partial charge on any atom is 0.244 e. The third-order valence-corrected chi connectivity index (χ3v) is 2.49. The highest BCUT2D eigenvalue weighted by Crippen LogP contribution is 2.11. The van der Waals surface area contributed by atoms with Gasteiger partial charge in [-0.15, -0.1) is 0 Å². The van der Waals surface area contributed by atoms with Gasteiger partial charge in [-0.3, -0.25) is 4.79 Å². The number of rotatable bonds is 4. The van der Waals surface area contributed by atoms with Crippen LogP contribution in [0.3, 0.4) is 0 Å². The average Bonchev–Trinajstić information content (AvgIpc) is 2.28. The summed E-state index contributed by atoms with van der Waals surface area (Å²) in [6.07, 6.45) is 3.18. The first-order valence-electron chi connectivity index (χ1n) is 4.97. The Morgan fingerprint density at radius 2 is 2.12 bits per heavy atom. The summed E-state index contributed by atoms with van der Waals surface area (Å²) in [7, 11) is 0. The van der Waals surface area contributed by atoms with Crippen molar-refractivity contribution in [3.63, 3.8) is 0 Å². The zero-order valence-corrected chi connectivity index (χ0v) is 10.6. The van der Waals surface area contributed by atoms with Crippen LogP contribution in [0.25, 0.3) is 6.08 Å². The first-order chi connectivity index (χ1) is 7.61. The fraction of sp³-hybridized carbons (Fsp3) is 0.250. The third-order valence-electron chi connectivity index (χ3n) is 1.96. The fourth-order valence-corrected chi connectivity index (χ4v) is 1.35. The molecular weight excluding hydrogens is 270 g/mol. The van der Waals surface area contributed by atoms with Crippen LogP contribution in [0, 0.1) is 0 Å². The van der Waals surface area contributed by atoms with Gasteiger partial charge in [0.15, 0.2) is 0 Å². The van der Waals surface area contributed by atoms with Crippen molar-refractivity contribution in [1.82, 2.24) is 5.32 Å². The largest absolute Gasteiger partial charge is 0.394 e. The second-order valence-electron chi connectivity index (χ2n) is 3.48. The van der Waals surface area contributed by atoms with Crippen LogP contribution in [0.5, 0.6) is 0 Å². The Bertz CT molecular complexity index is 373. The number of carbonyl (C=O) groups is 1. The van der Waals surface area contributed by atoms with Crippen LogP contribution in [0.15, 0.2) is 34.8 Å². The first kappa shape index (κ1) is 12.9. The molecule has 0 heterocycles. The summed E-state index contributed by atoms with van der Waals surface area (Å²) in [4.78, 5) is 11.3. The second-order valence-corrected chi connectivity index (χ2v) is 4.39. The van der Waals surface area contributed by atoms with Gasteiger partial charge in [-0.2, -0.15) is 0 Å². The highest BCUT2D eigenvalue weighted by Gasteiger charge is 2.01. The zero-order chi connectivity index (χ0) is 12.0. The van der Waals surface area contributed by atoms with Gasteiger partial charge in [0.1, 0.15) is 0 Å². The lowest BCUT2D eigenvalue weighted by molar-refractivity contribution is -0.117. The maximum atomic E-state index is 11.3. The van der Waals surface area contributed by atoms with E-state index in [1.54, 1.807) is 13.0 Å². The predicted octanol–water partition coefficient (Wildman–Crippen LogP) is 1.96. The molecule has 0 bridgehead atoms. The predicted molar refractivity (Wildman–Crippen MR) is 67.9 cm³/mol. The van der Waals surface area contributed by atoms with Gasteiger partial charge in [-0.1, -0.05) is 28.1 Å². The summed E-state index contributed by atoms with van der Waals surface area (Å²) in [5.74, 6) is -0.204. The van der Waals surface area contributed by atoms with Crippen molar-refractivity contribution in [2.45, 2.75) is 13.0 Å². The minimum absolute atomic E-state index is 0.0577. The molecule has 0 spiro atoms. The fourth-order valence-electron chi connectivity index (χ4n) is 1.08. The number of benzene rings is 1. The van der Waals surface area contributed by atoms with Crippen molar-refractivity contribution >= 4 is 27.9 Å². The third kappa shape index (κ3) is 4.59. The molecule has 16 heavy (non-hydrogen) atoms. The van der Waals surface area contributed by atoms with E-state index in [4.69, 9.17) is 5.11 Å². The molecule has 0 aliphatic rings. The molecule has 0 radical (unpaired) electrons. The van der Waals surface area contributed by atoms with E-state index in [-0.39, 0.29) is 18.6 Å². The Balaban J connectivity index is 2.53. The summed E-state index contributed by atoms with van der Waals surface area (Å²) in [6, 6.07) is 7.41. The minimum atomic E-state index is -0.220. The molecule has 3 nitrogen and oxygen atoms in total. The number of amides is 1. The van der Waals surface area contributed by atoms with E-state index in [2.05, 4.69) is 21.2 Å². The highest BCUT2D eigenvalue weighted by atomic mass is 79.9. The maximum absolute atomic E-state index is 11.3. The summed E-state index contributed by atoms with van der Waals surface area (Å²) in [6.45, 7) is 1.68. The van der Waals surface area contributed by atoms with Crippen molar-refractivity contribution in [2.75, 3.05) is 6.61 Å². The van der Waals surface area contributed by atoms with Gasteiger partial charge in [0.05, 0.1) is 6.61 Å². The molecule has 0 saturated heterocycles. The van der Waals surface area contributed by atoms with E-state index in [0.29, 0.717) is 0 Å². The lowest BCUT2D eigenvalue weighted by Crippen LogP contribution is -2.33. The zero-order valence-electron chi connectivity index (χ0n) is 8.98. The molecule has 1 amide bonds. The monoisotopic (exact) mass is 283 g/mol. The van der Waals surface area contributed by atoms with Gasteiger partial charge in [-0.25, -0.2) is 0 Å². The molecule has 0 unspecified atom stereocenters. The Morgan fingerprint density at radius 1 is 1.50 bits per heavy atom. The topological polar surface area (TPSA) is 49.3 Å². The quantitative estimate of drug-likeness (QED) is 0.830. The number of hydrogen-bond donors (Lipinski definition) is 2. The Hall–Kier alpha value is -1.13. The number of carbonyl (C=O) groups excluding carboxylic acids is 1. The number of aliphatic hydroxyl groups excluding tert-OH is 1. The molecular formula is C12H14BrNO2. The van der Waals surface area contributed by atoms with Crippen LogP contribution < -0.4 is 5.32 Å². The van der Waals surface area contributed by atoms with Crippen molar-refractivity contribution in [2.24, 2.45) is 0 Å². The first-order valence-corrected chi connectivity index (χ1v) is 5.76. The molecule has 86 valence electrons. The van der Waals surface area contributed by atoms with E-state index >= 15 is 0 Å². The minimum Gasteiger partial charge on any atom is -0.394 e. The molecule has 1 rings (SSSR count). The Labute approximate surface area is 103 Å². The Kier molecular flexibility index (Phi) is 5.22. The summed E-state index contributed by atoms with van der Waals surface area (Å²) in [5.41, 5.74) is 0.954. The van der Waals surface area contributed by atoms with E-state index in [1.807, 2.05) is 24.3 Å². The van der Waals surface area contributed by atoms with Gasteiger partial charge >= 0.3 is 0 Å². The number of hydrogen-bond acceptors (Lipinski definition) is 2. The molecule has 4 heteroatoms. The molecule has 0 saturated carbocycles. The van der Waals surface area contributed by atoms with E-state index in [9.17, 15) is 4.79 Å². The van der Waals surface area contributed by atoms with Gasteiger partial charge in [0, 0.05) is 16.6 Å². The Morgan fingerprint density at radius 3 is 2.69 bits per heavy atom. The van der Waals surface area contributed by atoms with Crippen molar-refractivity contribution < 1.29 is 9.90 Å². The number of halogens is 1. The summed E-state index contributed by atoms with van der Waals surface area (Å²) in [5, 5.41) is 11.4. The van der Waals surface area contributed by atoms with Crippen molar-refractivity contribution in [3.05, 3.63) is 40.4 Å². The summed E-state index contributed by atoms with van der Waals surface area (Å²) < 4.78 is 1.00. The lowest BCUT2D eigenvalue weighted by atomic mass is 10.2. The van der Waals surface area contributed by atoms with E-state index in [1.165, 1.54) is 6.08 Å². The number of nitrogens with one attached hydrogen (secondary N) is 1. The molecule has 0 aliphatic carbocycles. The van der Waals surface area contributed by atoms with Crippen LogP contribution >= 0.6 is 15.9 Å². The van der Waals surface area contributed by atoms with E-state index in [0.717, 1.165) is 10.0 Å². The molecule has 1 aromatic carbocycles. The molecule has 0 fully saturated rings. The van der Waals surface area contributed by atoms with Gasteiger partial charge in [0.25, 0.3) is 0 Å². The van der Waals surface area contributed by atoms with Crippen molar-refractivity contribution in [3.8, 4) is 0 Å². The standard InChI is InChI=1S/C12H14BrNO2/c1-9(8-15)14-12(16)7-4-10-2-5-11(13)6-3-10/h2-7,9,15H,8H2,1H3,(H,14,16)/t9-/m1/s1.